The molecule has 6 nitrogen and oxygen atoms in total. The standard InChI is InChI=1S/C14H23NO5/c1-18-12(16)9-15(10-13(17)19-2)11-4-7-20-14(8-11)5-3-6-14/h11H,3-10H2,1-2H3. The number of rotatable bonds is 5. The minimum Gasteiger partial charge on any atom is -0.468 e. The van der Waals surface area contributed by atoms with E-state index in [0.29, 0.717) is 6.61 Å². The van der Waals surface area contributed by atoms with E-state index < -0.39 is 0 Å². The van der Waals surface area contributed by atoms with E-state index in [-0.39, 0.29) is 36.7 Å². The summed E-state index contributed by atoms with van der Waals surface area (Å²) in [4.78, 5) is 24.9. The lowest BCUT2D eigenvalue weighted by atomic mass is 9.73. The van der Waals surface area contributed by atoms with Gasteiger partial charge in [-0.15, -0.1) is 0 Å². The number of methoxy groups -OCH3 is 2. The number of nitrogens with zero attached hydrogens (tertiary/aromatic N) is 1. The monoisotopic (exact) mass is 285 g/mol. The van der Waals surface area contributed by atoms with Gasteiger partial charge < -0.3 is 14.2 Å². The van der Waals surface area contributed by atoms with E-state index in [9.17, 15) is 9.59 Å². The highest BCUT2D eigenvalue weighted by atomic mass is 16.5. The average molecular weight is 285 g/mol. The Kier molecular flexibility index (Phi) is 4.99. The Morgan fingerprint density at radius 2 is 1.80 bits per heavy atom. The second-order valence-electron chi connectivity index (χ2n) is 5.59. The predicted molar refractivity (Wildman–Crippen MR) is 71.2 cm³/mol. The van der Waals surface area contributed by atoms with Gasteiger partial charge in [-0.05, 0) is 32.1 Å². The molecule has 0 aromatic carbocycles. The van der Waals surface area contributed by atoms with Gasteiger partial charge in [0.15, 0.2) is 0 Å². The molecular formula is C14H23NO5. The normalized spacial score (nSPS) is 24.2. The van der Waals surface area contributed by atoms with Crippen molar-refractivity contribution in [2.45, 2.75) is 43.7 Å². The molecule has 0 N–H and O–H groups in total. The lowest BCUT2D eigenvalue weighted by molar-refractivity contribution is -0.161. The van der Waals surface area contributed by atoms with Gasteiger partial charge in [0.05, 0.1) is 32.9 Å². The molecule has 1 spiro atoms. The molecule has 1 saturated heterocycles. The van der Waals surface area contributed by atoms with E-state index in [2.05, 4.69) is 0 Å². The van der Waals surface area contributed by atoms with Crippen LogP contribution < -0.4 is 0 Å². The maximum absolute atomic E-state index is 11.5. The Balaban J connectivity index is 2.00. The summed E-state index contributed by atoms with van der Waals surface area (Å²) in [5, 5.41) is 0. The molecule has 6 heteroatoms. The average Bonchev–Trinajstić information content (AvgIpc) is 2.44. The van der Waals surface area contributed by atoms with Crippen molar-refractivity contribution >= 4 is 11.9 Å². The van der Waals surface area contributed by atoms with Crippen molar-refractivity contribution in [2.75, 3.05) is 33.9 Å². The molecule has 20 heavy (non-hydrogen) atoms. The minimum atomic E-state index is -0.331. The summed E-state index contributed by atoms with van der Waals surface area (Å²) in [5.74, 6) is -0.661. The zero-order valence-electron chi connectivity index (χ0n) is 12.2. The molecular weight excluding hydrogens is 262 g/mol. The van der Waals surface area contributed by atoms with Gasteiger partial charge in [-0.1, -0.05) is 0 Å². The number of esters is 2. The molecule has 1 aliphatic heterocycles. The maximum atomic E-state index is 11.5. The number of ether oxygens (including phenoxy) is 3. The Morgan fingerprint density at radius 3 is 2.25 bits per heavy atom. The second-order valence-corrected chi connectivity index (χ2v) is 5.59. The van der Waals surface area contributed by atoms with E-state index in [1.807, 2.05) is 4.90 Å². The molecule has 1 saturated carbocycles. The summed E-state index contributed by atoms with van der Waals surface area (Å²) >= 11 is 0. The molecule has 114 valence electrons. The first-order valence-corrected chi connectivity index (χ1v) is 7.10. The molecule has 0 aromatic heterocycles. The highest BCUT2D eigenvalue weighted by Gasteiger charge is 2.44. The van der Waals surface area contributed by atoms with Gasteiger partial charge >= 0.3 is 11.9 Å². The van der Waals surface area contributed by atoms with E-state index in [1.54, 1.807) is 0 Å². The van der Waals surface area contributed by atoms with Gasteiger partial charge in [0.25, 0.3) is 0 Å². The van der Waals surface area contributed by atoms with Crippen LogP contribution in [0.2, 0.25) is 0 Å². The van der Waals surface area contributed by atoms with Crippen LogP contribution in [0.3, 0.4) is 0 Å². The summed E-state index contributed by atoms with van der Waals surface area (Å²) in [6, 6.07) is 0.169. The quantitative estimate of drug-likeness (QED) is 0.694. The maximum Gasteiger partial charge on any atom is 0.319 e. The molecule has 0 amide bonds. The molecule has 2 aliphatic rings. The topological polar surface area (TPSA) is 65.1 Å². The first-order valence-electron chi connectivity index (χ1n) is 7.10. The first-order chi connectivity index (χ1) is 9.58. The number of carbonyl (C=O) groups excluding carboxylic acids is 2. The largest absolute Gasteiger partial charge is 0.468 e. The molecule has 1 heterocycles. The lowest BCUT2D eigenvalue weighted by Crippen LogP contribution is -2.54. The Morgan fingerprint density at radius 1 is 1.20 bits per heavy atom. The van der Waals surface area contributed by atoms with Crippen LogP contribution >= 0.6 is 0 Å². The second kappa shape index (κ2) is 6.54. The van der Waals surface area contributed by atoms with Gasteiger partial charge in [-0.25, -0.2) is 0 Å². The molecule has 2 fully saturated rings. The highest BCUT2D eigenvalue weighted by Crippen LogP contribution is 2.43. The number of carbonyl (C=O) groups is 2. The van der Waals surface area contributed by atoms with Crippen molar-refractivity contribution in [3.8, 4) is 0 Å². The molecule has 0 radical (unpaired) electrons. The number of hydrogen-bond donors (Lipinski definition) is 0. The Bertz CT molecular complexity index is 349. The zero-order valence-corrected chi connectivity index (χ0v) is 12.2. The van der Waals surface area contributed by atoms with Crippen LogP contribution in [0.5, 0.6) is 0 Å². The molecule has 0 bridgehead atoms. The first kappa shape index (κ1) is 15.3. The molecule has 1 atom stereocenters. The Hall–Kier alpha value is -1.14. The molecule has 1 unspecified atom stereocenters. The summed E-state index contributed by atoms with van der Waals surface area (Å²) < 4.78 is 15.3. The fourth-order valence-electron chi connectivity index (χ4n) is 3.01. The summed E-state index contributed by atoms with van der Waals surface area (Å²) in [6.45, 7) is 0.919. The zero-order chi connectivity index (χ0) is 14.6. The van der Waals surface area contributed by atoms with Gasteiger partial charge in [0.2, 0.25) is 0 Å². The third-order valence-electron chi connectivity index (χ3n) is 4.37. The van der Waals surface area contributed by atoms with E-state index in [1.165, 1.54) is 20.6 Å². The van der Waals surface area contributed by atoms with Crippen molar-refractivity contribution in [3.05, 3.63) is 0 Å². The van der Waals surface area contributed by atoms with Crippen LogP contribution in [0.15, 0.2) is 0 Å². The highest BCUT2D eigenvalue weighted by molar-refractivity contribution is 5.74. The van der Waals surface area contributed by atoms with Crippen LogP contribution in [0.1, 0.15) is 32.1 Å². The van der Waals surface area contributed by atoms with Crippen molar-refractivity contribution in [1.29, 1.82) is 0 Å². The van der Waals surface area contributed by atoms with Crippen LogP contribution in [-0.2, 0) is 23.8 Å². The van der Waals surface area contributed by atoms with E-state index in [4.69, 9.17) is 14.2 Å². The minimum absolute atomic E-state index is 0.0204. The lowest BCUT2D eigenvalue weighted by Gasteiger charge is -2.49. The van der Waals surface area contributed by atoms with Gasteiger partial charge in [-0.3, -0.25) is 14.5 Å². The van der Waals surface area contributed by atoms with Crippen LogP contribution in [0.25, 0.3) is 0 Å². The summed E-state index contributed by atoms with van der Waals surface area (Å²) in [6.07, 6.45) is 5.05. The van der Waals surface area contributed by atoms with Gasteiger partial charge in [-0.2, -0.15) is 0 Å². The van der Waals surface area contributed by atoms with Crippen LogP contribution in [0.4, 0.5) is 0 Å². The Labute approximate surface area is 119 Å². The third-order valence-corrected chi connectivity index (χ3v) is 4.37. The SMILES string of the molecule is COC(=O)CN(CC(=O)OC)C1CCOC2(CCC2)C1. The van der Waals surface area contributed by atoms with Crippen LogP contribution in [0, 0.1) is 0 Å². The van der Waals surface area contributed by atoms with Crippen molar-refractivity contribution in [2.24, 2.45) is 0 Å². The molecule has 2 rings (SSSR count). The smallest absolute Gasteiger partial charge is 0.319 e. The van der Waals surface area contributed by atoms with Crippen molar-refractivity contribution < 1.29 is 23.8 Å². The molecule has 0 aromatic rings. The molecule has 1 aliphatic carbocycles. The fraction of sp³-hybridized carbons (Fsp3) is 0.857. The number of hydrogen-bond acceptors (Lipinski definition) is 6. The summed E-state index contributed by atoms with van der Waals surface area (Å²) in [7, 11) is 2.71. The van der Waals surface area contributed by atoms with Crippen molar-refractivity contribution in [1.82, 2.24) is 4.90 Å². The van der Waals surface area contributed by atoms with E-state index >= 15 is 0 Å². The third kappa shape index (κ3) is 3.49. The predicted octanol–water partition coefficient (Wildman–Crippen LogP) is 0.736. The van der Waals surface area contributed by atoms with E-state index in [0.717, 1.165) is 25.7 Å². The fourth-order valence-corrected chi connectivity index (χ4v) is 3.01. The van der Waals surface area contributed by atoms with Crippen molar-refractivity contribution in [3.63, 3.8) is 0 Å². The van der Waals surface area contributed by atoms with Gasteiger partial charge in [0.1, 0.15) is 0 Å². The van der Waals surface area contributed by atoms with Gasteiger partial charge in [0, 0.05) is 12.6 Å². The van der Waals surface area contributed by atoms with Crippen LogP contribution in [-0.4, -0.2) is 62.4 Å². The summed E-state index contributed by atoms with van der Waals surface area (Å²) in [5.41, 5.74) is -0.0204.